The van der Waals surface area contributed by atoms with Gasteiger partial charge < -0.3 is 17.2 Å². The molecule has 0 heterocycles. The highest BCUT2D eigenvalue weighted by atomic mass is 35.5. The first-order valence-electron chi connectivity index (χ1n) is 3.87. The van der Waals surface area contributed by atoms with Gasteiger partial charge in [0.15, 0.2) is 0 Å². The number of rotatable bonds is 0. The second-order valence-corrected chi connectivity index (χ2v) is 3.61. The van der Waals surface area contributed by atoms with Crippen molar-refractivity contribution in [2.45, 2.75) is 0 Å². The van der Waals surface area contributed by atoms with Crippen LogP contribution in [0.25, 0.3) is 11.5 Å². The Morgan fingerprint density at radius 3 is 2.00 bits per heavy atom. The molecule has 15 heavy (non-hydrogen) atoms. The first-order chi connectivity index (χ1) is 6.97. The lowest BCUT2D eigenvalue weighted by Crippen LogP contribution is -2.24. The highest BCUT2D eigenvalue weighted by molar-refractivity contribution is 6.33. The van der Waals surface area contributed by atoms with Gasteiger partial charge in [0.05, 0.1) is 10.0 Å². The SMILES string of the molecule is N#C/C(N)=c1\cc(Cl)c(=C(N)N)cc1Cl. The molecular formula is C9H8Cl2N4. The Hall–Kier alpha value is -1.57. The van der Waals surface area contributed by atoms with E-state index in [0.717, 1.165) is 0 Å². The Labute approximate surface area is 96.2 Å². The van der Waals surface area contributed by atoms with E-state index in [1.54, 1.807) is 6.07 Å². The van der Waals surface area contributed by atoms with Gasteiger partial charge in [-0.15, -0.1) is 0 Å². The zero-order valence-corrected chi connectivity index (χ0v) is 9.10. The largest absolute Gasteiger partial charge is 0.390 e. The van der Waals surface area contributed by atoms with Crippen molar-refractivity contribution in [2.75, 3.05) is 0 Å². The molecule has 0 aliphatic rings. The minimum atomic E-state index is -0.0101. The van der Waals surface area contributed by atoms with Crippen molar-refractivity contribution in [3.63, 3.8) is 0 Å². The second-order valence-electron chi connectivity index (χ2n) is 2.79. The molecule has 0 spiro atoms. The maximum atomic E-state index is 8.61. The third kappa shape index (κ3) is 2.27. The smallest absolute Gasteiger partial charge is 0.119 e. The predicted molar refractivity (Wildman–Crippen MR) is 60.7 cm³/mol. The third-order valence-corrected chi connectivity index (χ3v) is 2.40. The van der Waals surface area contributed by atoms with Crippen molar-refractivity contribution in [3.05, 3.63) is 32.6 Å². The Morgan fingerprint density at radius 1 is 1.07 bits per heavy atom. The molecule has 6 N–H and O–H groups in total. The summed E-state index contributed by atoms with van der Waals surface area (Å²) in [5.41, 5.74) is 16.2. The summed E-state index contributed by atoms with van der Waals surface area (Å²) in [4.78, 5) is 0. The molecule has 0 bridgehead atoms. The van der Waals surface area contributed by atoms with E-state index >= 15 is 0 Å². The number of nitrogens with two attached hydrogens (primary N) is 3. The first kappa shape index (κ1) is 11.5. The van der Waals surface area contributed by atoms with E-state index < -0.39 is 0 Å². The predicted octanol–water partition coefficient (Wildman–Crippen LogP) is -0.433. The van der Waals surface area contributed by atoms with E-state index in [1.165, 1.54) is 12.1 Å². The summed E-state index contributed by atoms with van der Waals surface area (Å²) < 4.78 is 0. The molecule has 1 aromatic carbocycles. The van der Waals surface area contributed by atoms with Crippen LogP contribution in [0.2, 0.25) is 10.0 Å². The summed E-state index contributed by atoms with van der Waals surface area (Å²) in [5, 5.41) is 9.99. The van der Waals surface area contributed by atoms with Gasteiger partial charge in [-0.3, -0.25) is 0 Å². The first-order valence-corrected chi connectivity index (χ1v) is 4.63. The molecule has 0 saturated carbocycles. The molecule has 0 fully saturated rings. The summed E-state index contributed by atoms with van der Waals surface area (Å²) in [6.45, 7) is 0. The average Bonchev–Trinajstić information content (AvgIpc) is 2.19. The van der Waals surface area contributed by atoms with Crippen LogP contribution in [0.15, 0.2) is 12.1 Å². The van der Waals surface area contributed by atoms with Gasteiger partial charge in [0.25, 0.3) is 0 Å². The lowest BCUT2D eigenvalue weighted by Gasteiger charge is -1.99. The molecule has 0 amide bonds. The monoisotopic (exact) mass is 242 g/mol. The minimum absolute atomic E-state index is 0.0101. The van der Waals surface area contributed by atoms with E-state index in [1.807, 2.05) is 0 Å². The minimum Gasteiger partial charge on any atom is -0.390 e. The Bertz CT molecular complexity index is 553. The van der Waals surface area contributed by atoms with Gasteiger partial charge in [-0.1, -0.05) is 23.2 Å². The van der Waals surface area contributed by atoms with Gasteiger partial charge in [-0.05, 0) is 12.1 Å². The van der Waals surface area contributed by atoms with E-state index in [-0.39, 0.29) is 16.5 Å². The molecule has 4 nitrogen and oxygen atoms in total. The van der Waals surface area contributed by atoms with E-state index in [4.69, 9.17) is 45.7 Å². The fraction of sp³-hybridized carbons (Fsp3) is 0. The Morgan fingerprint density at radius 2 is 1.53 bits per heavy atom. The van der Waals surface area contributed by atoms with Gasteiger partial charge in [-0.2, -0.15) is 5.26 Å². The number of nitrogens with zero attached hydrogens (tertiary/aromatic N) is 1. The topological polar surface area (TPSA) is 102 Å². The maximum absolute atomic E-state index is 8.61. The highest BCUT2D eigenvalue weighted by Gasteiger charge is 2.02. The summed E-state index contributed by atoms with van der Waals surface area (Å²) in [7, 11) is 0. The second kappa shape index (κ2) is 4.30. The molecule has 0 aromatic heterocycles. The molecule has 1 rings (SSSR count). The van der Waals surface area contributed by atoms with Crippen LogP contribution in [0.4, 0.5) is 0 Å². The maximum Gasteiger partial charge on any atom is 0.119 e. The number of nitriles is 1. The number of hydrogen-bond donors (Lipinski definition) is 3. The van der Waals surface area contributed by atoms with Crippen LogP contribution in [0, 0.1) is 11.3 Å². The molecule has 0 saturated heterocycles. The van der Waals surface area contributed by atoms with Gasteiger partial charge >= 0.3 is 0 Å². The molecule has 0 radical (unpaired) electrons. The van der Waals surface area contributed by atoms with Crippen LogP contribution < -0.4 is 27.6 Å². The quantitative estimate of drug-likeness (QED) is 0.575. The van der Waals surface area contributed by atoms with Crippen LogP contribution in [0.3, 0.4) is 0 Å². The normalized spacial score (nSPS) is 11.8. The summed E-state index contributed by atoms with van der Waals surface area (Å²) in [5.74, 6) is 0.0592. The molecule has 1 aromatic rings. The van der Waals surface area contributed by atoms with Crippen molar-refractivity contribution in [1.29, 1.82) is 5.26 Å². The van der Waals surface area contributed by atoms with Gasteiger partial charge in [0, 0.05) is 10.4 Å². The lowest BCUT2D eigenvalue weighted by atomic mass is 10.2. The van der Waals surface area contributed by atoms with Crippen LogP contribution in [0.1, 0.15) is 0 Å². The molecular weight excluding hydrogens is 235 g/mol. The molecule has 0 aliphatic heterocycles. The van der Waals surface area contributed by atoms with Gasteiger partial charge in [-0.25, -0.2) is 0 Å². The van der Waals surface area contributed by atoms with Crippen LogP contribution in [-0.4, -0.2) is 0 Å². The Balaban J connectivity index is 3.79. The zero-order valence-electron chi connectivity index (χ0n) is 7.59. The molecule has 78 valence electrons. The summed E-state index contributed by atoms with van der Waals surface area (Å²) in [6.07, 6.45) is 0. The average molecular weight is 243 g/mol. The van der Waals surface area contributed by atoms with Crippen molar-refractivity contribution >= 4 is 34.7 Å². The van der Waals surface area contributed by atoms with E-state index in [0.29, 0.717) is 15.5 Å². The van der Waals surface area contributed by atoms with E-state index in [9.17, 15) is 0 Å². The molecule has 0 aliphatic carbocycles. The number of hydrogen-bond acceptors (Lipinski definition) is 4. The van der Waals surface area contributed by atoms with Crippen molar-refractivity contribution < 1.29 is 0 Å². The summed E-state index contributed by atoms with van der Waals surface area (Å²) in [6, 6.07) is 4.71. The molecule has 0 atom stereocenters. The van der Waals surface area contributed by atoms with E-state index in [2.05, 4.69) is 0 Å². The fourth-order valence-corrected chi connectivity index (χ4v) is 1.57. The fourth-order valence-electron chi connectivity index (χ4n) is 1.03. The van der Waals surface area contributed by atoms with Gasteiger partial charge in [0.2, 0.25) is 0 Å². The van der Waals surface area contributed by atoms with Crippen LogP contribution in [0.5, 0.6) is 0 Å². The van der Waals surface area contributed by atoms with Crippen LogP contribution >= 0.6 is 23.2 Å². The zero-order chi connectivity index (χ0) is 11.6. The van der Waals surface area contributed by atoms with Crippen LogP contribution in [-0.2, 0) is 0 Å². The van der Waals surface area contributed by atoms with Crippen molar-refractivity contribution in [3.8, 4) is 6.07 Å². The number of benzene rings is 1. The number of halogens is 2. The van der Waals surface area contributed by atoms with Gasteiger partial charge in [0.1, 0.15) is 17.6 Å². The lowest BCUT2D eigenvalue weighted by molar-refractivity contribution is 1.37. The third-order valence-electron chi connectivity index (χ3n) is 1.78. The molecule has 0 unspecified atom stereocenters. The summed E-state index contributed by atoms with van der Waals surface area (Å²) >= 11 is 11.8. The van der Waals surface area contributed by atoms with Crippen molar-refractivity contribution in [1.82, 2.24) is 0 Å². The molecule has 6 heteroatoms. The Kier molecular flexibility index (Phi) is 3.30. The standard InChI is InChI=1S/C9H8Cl2N4/c10-6-2-5(9(14)15)7(11)1-4(6)8(13)3-12/h1-2H,13-15H2/b8-4-. The highest BCUT2D eigenvalue weighted by Crippen LogP contribution is 2.04. The van der Waals surface area contributed by atoms with Crippen molar-refractivity contribution in [2.24, 2.45) is 17.2 Å².